The van der Waals surface area contributed by atoms with E-state index < -0.39 is 0 Å². The van der Waals surface area contributed by atoms with Crippen molar-refractivity contribution in [2.45, 2.75) is 0 Å². The molecule has 0 radical (unpaired) electrons. The van der Waals surface area contributed by atoms with E-state index in [0.29, 0.717) is 0 Å². The van der Waals surface area contributed by atoms with Gasteiger partial charge in [0.05, 0.1) is 0 Å². The van der Waals surface area contributed by atoms with Gasteiger partial charge in [0, 0.05) is 40.5 Å². The van der Waals surface area contributed by atoms with Crippen LogP contribution in [-0.4, -0.2) is 0 Å². The second kappa shape index (κ2) is 21.6. The first kappa shape index (κ1) is 17.1. The first-order chi connectivity index (χ1) is 1.00. The van der Waals surface area contributed by atoms with Gasteiger partial charge in [-0.25, -0.2) is 0 Å². The largest absolute Gasteiger partial charge is 0 e. The van der Waals surface area contributed by atoms with E-state index in [1.165, 1.54) is 19.2 Å². The Hall–Kier alpha value is 1.77. The number of rotatable bonds is 0. The molecule has 0 aromatic carbocycles. The van der Waals surface area contributed by atoms with Crippen molar-refractivity contribution in [2.75, 3.05) is 0 Å². The summed E-state index contributed by atoms with van der Waals surface area (Å²) in [7, 11) is 0. The molecule has 0 aromatic rings. The molecule has 34 valence electrons. The molecule has 0 bridgehead atoms. The van der Waals surface area contributed by atoms with Gasteiger partial charge in [-0.3, -0.25) is 0 Å². The molecule has 0 aromatic heterocycles. The van der Waals surface area contributed by atoms with Crippen LogP contribution in [0.15, 0.2) is 0 Å². The van der Waals surface area contributed by atoms with E-state index in [9.17, 15) is 0 Å². The molecule has 1 nitrogen and oxygen atoms in total. The molecule has 0 aliphatic rings. The predicted octanol–water partition coefficient (Wildman–Crippen LogP) is -0.126. The molecule has 0 aliphatic carbocycles. The third kappa shape index (κ3) is 9.23. The molecule has 0 unspecified atom stereocenters. The Kier molecular flexibility index (Phi) is 92.4. The maximum Gasteiger partial charge on any atom is 0 e. The van der Waals surface area contributed by atoms with Gasteiger partial charge < -0.3 is 0 Å². The SMILES string of the molecule is [O]=[Pd].[Pt].[Ru]. The Labute approximate surface area is 62.6 Å². The fraction of sp³-hybridized carbons (Fsp3) is 0. The van der Waals surface area contributed by atoms with Gasteiger partial charge in [-0.2, -0.15) is 0 Å². The van der Waals surface area contributed by atoms with E-state index in [2.05, 4.69) is 0 Å². The monoisotopic (exact) mass is 419 g/mol. The van der Waals surface area contributed by atoms with Gasteiger partial charge >= 0.3 is 22.6 Å². The van der Waals surface area contributed by atoms with Crippen molar-refractivity contribution in [1.82, 2.24) is 0 Å². The van der Waals surface area contributed by atoms with Crippen LogP contribution in [-0.2, 0) is 63.2 Å². The minimum atomic E-state index is 0. The van der Waals surface area contributed by atoms with Gasteiger partial charge in [0.2, 0.25) is 0 Å². The van der Waals surface area contributed by atoms with Crippen LogP contribution in [0.1, 0.15) is 0 Å². The molecule has 4 heavy (non-hydrogen) atoms. The number of hydrogen-bond donors (Lipinski definition) is 0. The van der Waals surface area contributed by atoms with Crippen molar-refractivity contribution < 1.29 is 63.2 Å². The van der Waals surface area contributed by atoms with Gasteiger partial charge in [-0.1, -0.05) is 0 Å². The Morgan fingerprint density at radius 1 is 1.25 bits per heavy atom. The van der Waals surface area contributed by atoms with E-state index in [0.717, 1.165) is 0 Å². The summed E-state index contributed by atoms with van der Waals surface area (Å²) in [5, 5.41) is 0. The van der Waals surface area contributed by atoms with Crippen LogP contribution in [0.4, 0.5) is 0 Å². The Morgan fingerprint density at radius 2 is 1.25 bits per heavy atom. The molecule has 0 saturated heterocycles. The molecular weight excluding hydrogens is 419 g/mol. The van der Waals surface area contributed by atoms with E-state index in [1.807, 2.05) is 0 Å². The van der Waals surface area contributed by atoms with Gasteiger partial charge in [0.1, 0.15) is 0 Å². The normalized spacial score (nSPS) is 1.50. The van der Waals surface area contributed by atoms with Gasteiger partial charge in [-0.05, 0) is 0 Å². The molecule has 0 aliphatic heterocycles. The zero-order chi connectivity index (χ0) is 2.00. The van der Waals surface area contributed by atoms with Crippen LogP contribution in [0, 0.1) is 0 Å². The molecule has 0 atom stereocenters. The predicted molar refractivity (Wildman–Crippen MR) is 0.686 cm³/mol. The smallest absolute Gasteiger partial charge is 0 e. The summed E-state index contributed by atoms with van der Waals surface area (Å²) in [6.07, 6.45) is 0. The fourth-order valence-corrected chi connectivity index (χ4v) is 0. The summed E-state index contributed by atoms with van der Waals surface area (Å²) in [6, 6.07) is 0. The van der Waals surface area contributed by atoms with E-state index in [1.54, 1.807) is 0 Å². The van der Waals surface area contributed by atoms with Crippen molar-refractivity contribution in [1.29, 1.82) is 0 Å². The molecule has 0 fully saturated rings. The maximum atomic E-state index is 8.10. The van der Waals surface area contributed by atoms with E-state index in [-0.39, 0.29) is 40.5 Å². The van der Waals surface area contributed by atoms with Crippen molar-refractivity contribution in [3.63, 3.8) is 0 Å². The Morgan fingerprint density at radius 3 is 1.25 bits per heavy atom. The fourth-order valence-electron chi connectivity index (χ4n) is 0. The minimum Gasteiger partial charge on any atom is 0 e. The minimum absolute atomic E-state index is 0. The van der Waals surface area contributed by atoms with Crippen LogP contribution >= 0.6 is 0 Å². The molecule has 0 spiro atoms. The van der Waals surface area contributed by atoms with Gasteiger partial charge in [0.25, 0.3) is 0 Å². The van der Waals surface area contributed by atoms with E-state index >= 15 is 0 Å². The molecular formula is OPdPtRu. The third-order valence-electron chi connectivity index (χ3n) is 0. The summed E-state index contributed by atoms with van der Waals surface area (Å²) in [4.78, 5) is 0. The summed E-state index contributed by atoms with van der Waals surface area (Å²) < 4.78 is 8.10. The van der Waals surface area contributed by atoms with Crippen molar-refractivity contribution in [3.8, 4) is 0 Å². The molecule has 0 heterocycles. The zero-order valence-electron chi connectivity index (χ0n) is 1.39. The Bertz CT molecular complexity index is 8.00. The third-order valence-corrected chi connectivity index (χ3v) is 0. The van der Waals surface area contributed by atoms with Crippen LogP contribution in [0.25, 0.3) is 0 Å². The van der Waals surface area contributed by atoms with Crippen molar-refractivity contribution in [3.05, 3.63) is 0 Å². The first-order valence-electron chi connectivity index (χ1n) is 0.129. The second-order valence-electron chi connectivity index (χ2n) is 0. The van der Waals surface area contributed by atoms with Gasteiger partial charge in [-0.15, -0.1) is 0 Å². The van der Waals surface area contributed by atoms with Crippen LogP contribution in [0.2, 0.25) is 0 Å². The average Bonchev–Trinajstić information content (AvgIpc) is 1.00. The summed E-state index contributed by atoms with van der Waals surface area (Å²) in [5.41, 5.74) is 0. The molecule has 0 N–H and O–H groups in total. The molecule has 0 amide bonds. The van der Waals surface area contributed by atoms with Crippen LogP contribution in [0.3, 0.4) is 0 Å². The summed E-state index contributed by atoms with van der Waals surface area (Å²) in [6.45, 7) is 0. The summed E-state index contributed by atoms with van der Waals surface area (Å²) >= 11 is 1.50. The first-order valence-corrected chi connectivity index (χ1v) is 0.764. The zero-order valence-corrected chi connectivity index (χ0v) is 6.96. The van der Waals surface area contributed by atoms with Gasteiger partial charge in [0.15, 0.2) is 0 Å². The molecule has 0 saturated carbocycles. The average molecular weight is 419 g/mol. The van der Waals surface area contributed by atoms with Crippen molar-refractivity contribution in [2.24, 2.45) is 0 Å². The quantitative estimate of drug-likeness (QED) is 0.501. The number of hydrogen-bond acceptors (Lipinski definition) is 1. The van der Waals surface area contributed by atoms with E-state index in [4.69, 9.17) is 3.47 Å². The topological polar surface area (TPSA) is 17.1 Å². The standard InChI is InChI=1S/O.Pd.Pt.Ru. The second-order valence-corrected chi connectivity index (χ2v) is 0. The maximum absolute atomic E-state index is 8.10. The van der Waals surface area contributed by atoms with Crippen LogP contribution < -0.4 is 0 Å². The Balaban J connectivity index is -0.00000000500. The summed E-state index contributed by atoms with van der Waals surface area (Å²) in [5.74, 6) is 0. The van der Waals surface area contributed by atoms with Crippen molar-refractivity contribution >= 4 is 0 Å². The molecule has 4 heteroatoms. The van der Waals surface area contributed by atoms with Crippen LogP contribution in [0.5, 0.6) is 0 Å². The molecule has 0 rings (SSSR count).